The number of fused-ring (bicyclic) bond motifs is 3. The van der Waals surface area contributed by atoms with Gasteiger partial charge >= 0.3 is 22.3 Å². The van der Waals surface area contributed by atoms with Gasteiger partial charge in [-0.3, -0.25) is 13.9 Å². The summed E-state index contributed by atoms with van der Waals surface area (Å²) in [6, 6.07) is 0. The molecule has 0 spiro atoms. The lowest BCUT2D eigenvalue weighted by Gasteiger charge is -2.62. The lowest BCUT2D eigenvalue weighted by atomic mass is 9.42. The maximum Gasteiger partial charge on any atom is 0.394 e. The van der Waals surface area contributed by atoms with Crippen LogP contribution in [0.1, 0.15) is 59.3 Å². The van der Waals surface area contributed by atoms with Crippen molar-refractivity contribution in [3.63, 3.8) is 0 Å². The van der Waals surface area contributed by atoms with Gasteiger partial charge in [-0.15, -0.1) is 0 Å². The Morgan fingerprint density at radius 2 is 1.86 bits per heavy atom. The summed E-state index contributed by atoms with van der Waals surface area (Å²) in [5, 5.41) is 14.2. The first-order valence-electron chi connectivity index (χ1n) is 12.2. The standard InChI is InChI=1S/C24H39NO5.H2O4S/c1-15-16(13-20(27)30-12-11-25-4)7-8-17-21(15)18(26)14-19-23(17,2)9-6-10-24(19,3)22(28)29-5;1-5(2,3)4/h13,15,17-19,21,25-26H,6-12,14H2,1-5H3;(H2,1,2,3,4)/b16-13+;/t15-,17-,18-,19+,21-,23+,24-;/m0./s1. The Hall–Kier alpha value is -1.53. The molecule has 0 heterocycles. The van der Waals surface area contributed by atoms with Gasteiger partial charge in [0.25, 0.3) is 0 Å². The Morgan fingerprint density at radius 1 is 1.23 bits per heavy atom. The molecule has 0 radical (unpaired) electrons. The van der Waals surface area contributed by atoms with Gasteiger partial charge in [0.15, 0.2) is 0 Å². The first kappa shape index (κ1) is 29.7. The van der Waals surface area contributed by atoms with Gasteiger partial charge in [-0.05, 0) is 75.2 Å². The summed E-state index contributed by atoms with van der Waals surface area (Å²) in [6.07, 6.45) is 6.48. The first-order valence-corrected chi connectivity index (χ1v) is 13.6. The molecule has 10 nitrogen and oxygen atoms in total. The number of hydrogen-bond donors (Lipinski definition) is 4. The van der Waals surface area contributed by atoms with Gasteiger partial charge in [-0.1, -0.05) is 25.8 Å². The minimum atomic E-state index is -4.67. The van der Waals surface area contributed by atoms with Crippen molar-refractivity contribution in [1.29, 1.82) is 0 Å². The van der Waals surface area contributed by atoms with E-state index in [1.165, 1.54) is 7.11 Å². The summed E-state index contributed by atoms with van der Waals surface area (Å²) in [7, 11) is -1.37. The van der Waals surface area contributed by atoms with E-state index in [-0.39, 0.29) is 35.1 Å². The van der Waals surface area contributed by atoms with E-state index < -0.39 is 21.9 Å². The van der Waals surface area contributed by atoms with E-state index >= 15 is 0 Å². The largest absolute Gasteiger partial charge is 0.469 e. The van der Waals surface area contributed by atoms with Crippen LogP contribution in [-0.4, -0.2) is 68.0 Å². The highest BCUT2D eigenvalue weighted by atomic mass is 32.3. The van der Waals surface area contributed by atoms with Crippen LogP contribution in [0.3, 0.4) is 0 Å². The molecule has 35 heavy (non-hydrogen) atoms. The monoisotopic (exact) mass is 519 g/mol. The van der Waals surface area contributed by atoms with E-state index in [9.17, 15) is 14.7 Å². The molecule has 0 unspecified atom stereocenters. The summed E-state index contributed by atoms with van der Waals surface area (Å²) in [5.41, 5.74) is 0.542. The Labute approximate surface area is 208 Å². The molecule has 3 rings (SSSR count). The highest BCUT2D eigenvalue weighted by Crippen LogP contribution is 2.65. The SMILES string of the molecule is CNCCOC(=O)/C=C1\CC[C@H]2[C@@H]([C@@H](O)C[C@@H]3[C@]2(C)CCC[C@]3(C)C(=O)OC)[C@H]1C.O=S(=O)(O)O. The van der Waals surface area contributed by atoms with Crippen molar-refractivity contribution in [2.24, 2.45) is 34.5 Å². The predicted molar refractivity (Wildman–Crippen MR) is 129 cm³/mol. The van der Waals surface area contributed by atoms with Crippen molar-refractivity contribution in [3.8, 4) is 0 Å². The fourth-order valence-corrected chi connectivity index (χ4v) is 7.12. The smallest absolute Gasteiger partial charge is 0.394 e. The summed E-state index contributed by atoms with van der Waals surface area (Å²) < 4.78 is 42.1. The third-order valence-electron chi connectivity index (χ3n) is 8.67. The molecule has 3 aliphatic rings. The average Bonchev–Trinajstić information content (AvgIpc) is 2.75. The second-order valence-electron chi connectivity index (χ2n) is 10.6. The van der Waals surface area contributed by atoms with E-state index in [2.05, 4.69) is 19.2 Å². The normalized spacial score (nSPS) is 37.8. The summed E-state index contributed by atoms with van der Waals surface area (Å²) in [4.78, 5) is 24.9. The van der Waals surface area contributed by atoms with E-state index in [0.717, 1.165) is 37.7 Å². The van der Waals surface area contributed by atoms with Gasteiger partial charge in [0, 0.05) is 12.6 Å². The summed E-state index contributed by atoms with van der Waals surface area (Å²) in [6.45, 7) is 7.49. The van der Waals surface area contributed by atoms with Crippen LogP contribution in [-0.2, 0) is 29.5 Å². The molecular weight excluding hydrogens is 478 g/mol. The van der Waals surface area contributed by atoms with Gasteiger partial charge in [0.05, 0.1) is 18.6 Å². The molecule has 0 saturated heterocycles. The third-order valence-corrected chi connectivity index (χ3v) is 8.67. The molecule has 0 aromatic carbocycles. The number of carbonyl (C=O) groups excluding carboxylic acids is 2. The second-order valence-corrected chi connectivity index (χ2v) is 11.5. The average molecular weight is 520 g/mol. The number of nitrogens with one attached hydrogen (secondary N) is 1. The zero-order chi connectivity index (χ0) is 26.6. The zero-order valence-electron chi connectivity index (χ0n) is 21.3. The molecule has 0 amide bonds. The number of rotatable bonds is 5. The van der Waals surface area contributed by atoms with Crippen molar-refractivity contribution in [2.45, 2.75) is 65.4 Å². The number of aliphatic hydroxyl groups excluding tert-OH is 1. The van der Waals surface area contributed by atoms with Gasteiger partial charge in [0.2, 0.25) is 0 Å². The quantitative estimate of drug-likeness (QED) is 0.184. The molecule has 0 aromatic rings. The first-order chi connectivity index (χ1) is 16.2. The van der Waals surface area contributed by atoms with Crippen LogP contribution in [0.4, 0.5) is 0 Å². The number of hydrogen-bond acceptors (Lipinski definition) is 8. The van der Waals surface area contributed by atoms with E-state index in [1.54, 1.807) is 6.08 Å². The van der Waals surface area contributed by atoms with Crippen LogP contribution in [0, 0.1) is 34.5 Å². The van der Waals surface area contributed by atoms with Crippen molar-refractivity contribution in [2.75, 3.05) is 27.3 Å². The lowest BCUT2D eigenvalue weighted by Crippen LogP contribution is -2.60. The zero-order valence-corrected chi connectivity index (χ0v) is 22.1. The number of carbonyl (C=O) groups is 2. The van der Waals surface area contributed by atoms with Gasteiger partial charge in [-0.2, -0.15) is 8.42 Å². The number of allylic oxidation sites excluding steroid dienone is 1. The van der Waals surface area contributed by atoms with Crippen LogP contribution >= 0.6 is 0 Å². The molecule has 202 valence electrons. The molecule has 0 bridgehead atoms. The molecule has 4 N–H and O–H groups in total. The Balaban J connectivity index is 0.000000784. The third kappa shape index (κ3) is 6.82. The van der Waals surface area contributed by atoms with Gasteiger partial charge in [0.1, 0.15) is 6.61 Å². The van der Waals surface area contributed by atoms with Crippen LogP contribution in [0.2, 0.25) is 0 Å². The van der Waals surface area contributed by atoms with Crippen LogP contribution in [0.25, 0.3) is 0 Å². The fraction of sp³-hybridized carbons (Fsp3) is 0.833. The van der Waals surface area contributed by atoms with Crippen molar-refractivity contribution >= 4 is 22.3 Å². The van der Waals surface area contributed by atoms with Crippen molar-refractivity contribution in [1.82, 2.24) is 5.32 Å². The van der Waals surface area contributed by atoms with Gasteiger partial charge in [-0.25, -0.2) is 4.79 Å². The maximum absolute atomic E-state index is 12.7. The minimum Gasteiger partial charge on any atom is -0.469 e. The molecule has 11 heteroatoms. The molecule has 0 aromatic heterocycles. The number of esters is 2. The van der Waals surface area contributed by atoms with Crippen LogP contribution in [0.15, 0.2) is 11.6 Å². The molecule has 7 atom stereocenters. The Morgan fingerprint density at radius 3 is 2.43 bits per heavy atom. The van der Waals surface area contributed by atoms with Crippen LogP contribution < -0.4 is 5.32 Å². The minimum absolute atomic E-state index is 0.00180. The topological polar surface area (TPSA) is 159 Å². The predicted octanol–water partition coefficient (Wildman–Crippen LogP) is 2.44. The molecule has 3 aliphatic carbocycles. The number of methoxy groups -OCH3 is 1. The number of likely N-dealkylation sites (N-methyl/N-ethyl adjacent to an activating group) is 1. The maximum atomic E-state index is 12.7. The lowest BCUT2D eigenvalue weighted by molar-refractivity contribution is -0.189. The summed E-state index contributed by atoms with van der Waals surface area (Å²) in [5.74, 6) is 0.249. The second kappa shape index (κ2) is 11.7. The molecular formula is C24H41NO9S. The fourth-order valence-electron chi connectivity index (χ4n) is 7.12. The number of aliphatic hydroxyl groups is 1. The molecule has 3 saturated carbocycles. The van der Waals surface area contributed by atoms with Crippen molar-refractivity contribution < 1.29 is 41.7 Å². The molecule has 0 aliphatic heterocycles. The van der Waals surface area contributed by atoms with Crippen molar-refractivity contribution in [3.05, 3.63) is 11.6 Å². The van der Waals surface area contributed by atoms with Gasteiger partial charge < -0.3 is 19.9 Å². The molecule has 3 fully saturated rings. The van der Waals surface area contributed by atoms with E-state index in [4.69, 9.17) is 27.0 Å². The van der Waals surface area contributed by atoms with E-state index in [0.29, 0.717) is 25.5 Å². The summed E-state index contributed by atoms with van der Waals surface area (Å²) >= 11 is 0. The highest BCUT2D eigenvalue weighted by molar-refractivity contribution is 7.79. The highest BCUT2D eigenvalue weighted by Gasteiger charge is 2.62. The van der Waals surface area contributed by atoms with Crippen LogP contribution in [0.5, 0.6) is 0 Å². The van der Waals surface area contributed by atoms with E-state index in [1.807, 2.05) is 14.0 Å². The Kier molecular flexibility index (Phi) is 9.91. The number of ether oxygens (including phenoxy) is 2. The Bertz CT molecular complexity index is 897.